The minimum absolute atomic E-state index is 0.0108. The van der Waals surface area contributed by atoms with E-state index in [0.717, 1.165) is 25.7 Å². The van der Waals surface area contributed by atoms with E-state index >= 15 is 0 Å². The van der Waals surface area contributed by atoms with E-state index in [-0.39, 0.29) is 23.6 Å². The minimum atomic E-state index is -0.480. The molecule has 0 bridgehead atoms. The monoisotopic (exact) mass is 389 g/mol. The van der Waals surface area contributed by atoms with Crippen molar-refractivity contribution in [3.05, 3.63) is 26.7 Å². The summed E-state index contributed by atoms with van der Waals surface area (Å²) in [5.41, 5.74) is -0.474. The summed E-state index contributed by atoms with van der Waals surface area (Å²) in [5, 5.41) is 0.821. The van der Waals surface area contributed by atoms with Crippen molar-refractivity contribution in [1.29, 1.82) is 0 Å². The van der Waals surface area contributed by atoms with Gasteiger partial charge in [0.25, 0.3) is 5.56 Å². The van der Waals surface area contributed by atoms with Crippen LogP contribution in [0.3, 0.4) is 0 Å². The van der Waals surface area contributed by atoms with Gasteiger partial charge in [-0.05, 0) is 39.5 Å². The van der Waals surface area contributed by atoms with Crippen LogP contribution in [0.15, 0.2) is 14.6 Å². The number of aromatic nitrogens is 4. The van der Waals surface area contributed by atoms with Gasteiger partial charge in [-0.2, -0.15) is 0 Å². The number of aromatic amines is 1. The van der Waals surface area contributed by atoms with Crippen molar-refractivity contribution in [2.24, 2.45) is 0 Å². The molecule has 2 aliphatic rings. The van der Waals surface area contributed by atoms with Crippen molar-refractivity contribution >= 4 is 28.7 Å². The van der Waals surface area contributed by atoms with Crippen LogP contribution in [-0.4, -0.2) is 49.2 Å². The van der Waals surface area contributed by atoms with E-state index in [2.05, 4.69) is 15.0 Å². The number of thioether (sulfide) groups is 1. The molecular weight excluding hydrogens is 366 g/mol. The Bertz CT molecular complexity index is 1000. The fourth-order valence-corrected chi connectivity index (χ4v) is 4.16. The summed E-state index contributed by atoms with van der Waals surface area (Å²) >= 11 is 1.26. The second kappa shape index (κ2) is 7.10. The number of carbonyl (C=O) groups excluding carboxylic acids is 1. The molecule has 0 unspecified atom stereocenters. The van der Waals surface area contributed by atoms with Gasteiger partial charge in [-0.3, -0.25) is 19.1 Å². The van der Waals surface area contributed by atoms with Crippen molar-refractivity contribution in [2.45, 2.75) is 56.5 Å². The molecule has 2 aliphatic carbocycles. The van der Waals surface area contributed by atoms with Crippen molar-refractivity contribution in [2.75, 3.05) is 18.8 Å². The summed E-state index contributed by atoms with van der Waals surface area (Å²) in [7, 11) is 0. The molecule has 2 aromatic rings. The molecule has 1 N–H and O–H groups in total. The zero-order chi connectivity index (χ0) is 19.1. The summed E-state index contributed by atoms with van der Waals surface area (Å²) in [6.45, 7) is 5.18. The van der Waals surface area contributed by atoms with Crippen LogP contribution in [0, 0.1) is 0 Å². The number of fused-ring (bicyclic) bond motifs is 1. The van der Waals surface area contributed by atoms with E-state index in [1.165, 1.54) is 11.8 Å². The highest BCUT2D eigenvalue weighted by Crippen LogP contribution is 2.40. The molecule has 8 nitrogen and oxygen atoms in total. The molecule has 0 atom stereocenters. The first-order valence-electron chi connectivity index (χ1n) is 9.50. The SMILES string of the molecule is CCN(CC)C(=O)CSc1nc(C2CC2)nc2c1c(=O)[nH]c(=O)n2C1CC1. The second-order valence-electron chi connectivity index (χ2n) is 7.07. The summed E-state index contributed by atoms with van der Waals surface area (Å²) < 4.78 is 1.60. The fraction of sp³-hybridized carbons (Fsp3) is 0.611. The number of nitrogens with zero attached hydrogens (tertiary/aromatic N) is 4. The highest BCUT2D eigenvalue weighted by Gasteiger charge is 2.32. The third kappa shape index (κ3) is 3.52. The van der Waals surface area contributed by atoms with Crippen LogP contribution in [0.2, 0.25) is 0 Å². The molecular formula is C18H23N5O3S. The molecule has 4 rings (SSSR count). The Kier molecular flexibility index (Phi) is 4.79. The molecule has 2 fully saturated rings. The van der Waals surface area contributed by atoms with E-state index in [4.69, 9.17) is 0 Å². The molecule has 2 saturated carbocycles. The molecule has 0 spiro atoms. The van der Waals surface area contributed by atoms with Crippen LogP contribution in [0.5, 0.6) is 0 Å². The molecule has 2 aromatic heterocycles. The highest BCUT2D eigenvalue weighted by atomic mass is 32.2. The number of hydrogen-bond acceptors (Lipinski definition) is 6. The maximum absolute atomic E-state index is 12.5. The quantitative estimate of drug-likeness (QED) is 0.571. The Morgan fingerprint density at radius 2 is 1.89 bits per heavy atom. The Hall–Kier alpha value is -2.16. The Morgan fingerprint density at radius 1 is 1.19 bits per heavy atom. The van der Waals surface area contributed by atoms with E-state index in [9.17, 15) is 14.4 Å². The van der Waals surface area contributed by atoms with Gasteiger partial charge in [-0.15, -0.1) is 0 Å². The van der Waals surface area contributed by atoms with E-state index in [1.807, 2.05) is 13.8 Å². The second-order valence-corrected chi connectivity index (χ2v) is 8.04. The maximum atomic E-state index is 12.5. The fourth-order valence-electron chi connectivity index (χ4n) is 3.23. The highest BCUT2D eigenvalue weighted by molar-refractivity contribution is 8.00. The number of hydrogen-bond donors (Lipinski definition) is 1. The molecule has 27 heavy (non-hydrogen) atoms. The Morgan fingerprint density at radius 3 is 2.48 bits per heavy atom. The third-order valence-electron chi connectivity index (χ3n) is 5.07. The summed E-state index contributed by atoms with van der Waals surface area (Å²) in [5.74, 6) is 1.19. The van der Waals surface area contributed by atoms with Gasteiger partial charge >= 0.3 is 5.69 Å². The molecule has 0 saturated heterocycles. The van der Waals surface area contributed by atoms with E-state index in [0.29, 0.717) is 35.0 Å². The number of carbonyl (C=O) groups is 1. The number of nitrogens with one attached hydrogen (secondary N) is 1. The lowest BCUT2D eigenvalue weighted by molar-refractivity contribution is -0.127. The van der Waals surface area contributed by atoms with Crippen LogP contribution in [-0.2, 0) is 4.79 Å². The van der Waals surface area contributed by atoms with Crippen molar-refractivity contribution < 1.29 is 4.79 Å². The van der Waals surface area contributed by atoms with Crippen molar-refractivity contribution in [1.82, 2.24) is 24.4 Å². The lowest BCUT2D eigenvalue weighted by Crippen LogP contribution is -2.32. The number of H-pyrrole nitrogens is 1. The maximum Gasteiger partial charge on any atom is 0.330 e. The van der Waals surface area contributed by atoms with Crippen molar-refractivity contribution in [3.8, 4) is 0 Å². The zero-order valence-electron chi connectivity index (χ0n) is 15.5. The van der Waals surface area contributed by atoms with Gasteiger partial charge in [-0.25, -0.2) is 14.8 Å². The third-order valence-corrected chi connectivity index (χ3v) is 6.03. The van der Waals surface area contributed by atoms with Gasteiger partial charge in [0.15, 0.2) is 5.65 Å². The van der Waals surface area contributed by atoms with Gasteiger partial charge in [0.1, 0.15) is 16.2 Å². The molecule has 2 heterocycles. The van der Waals surface area contributed by atoms with Gasteiger partial charge < -0.3 is 4.90 Å². The average Bonchev–Trinajstić information content (AvgIpc) is 3.53. The molecule has 0 aromatic carbocycles. The number of amides is 1. The standard InChI is InChI=1S/C18H23N5O3S/c1-3-22(4-2)12(24)9-27-17-13-15(19-14(20-17)10-5-6-10)23(11-7-8-11)18(26)21-16(13)25/h10-11H,3-9H2,1-2H3,(H,21,25,26). The van der Waals surface area contributed by atoms with Crippen LogP contribution >= 0.6 is 11.8 Å². The average molecular weight is 389 g/mol. The number of rotatable bonds is 7. The minimum Gasteiger partial charge on any atom is -0.343 e. The van der Waals surface area contributed by atoms with Gasteiger partial charge in [-0.1, -0.05) is 11.8 Å². The zero-order valence-corrected chi connectivity index (χ0v) is 16.3. The largest absolute Gasteiger partial charge is 0.343 e. The first-order valence-corrected chi connectivity index (χ1v) is 10.5. The Balaban J connectivity index is 1.79. The van der Waals surface area contributed by atoms with Gasteiger partial charge in [0, 0.05) is 25.0 Å². The Labute approximate surface area is 160 Å². The van der Waals surface area contributed by atoms with Crippen LogP contribution in [0.4, 0.5) is 0 Å². The molecule has 144 valence electrons. The van der Waals surface area contributed by atoms with Gasteiger partial charge in [0.2, 0.25) is 5.91 Å². The molecule has 0 aliphatic heterocycles. The van der Waals surface area contributed by atoms with E-state index < -0.39 is 11.2 Å². The smallest absolute Gasteiger partial charge is 0.330 e. The predicted octanol–water partition coefficient (Wildman–Crippen LogP) is 1.65. The van der Waals surface area contributed by atoms with Crippen LogP contribution in [0.1, 0.15) is 57.3 Å². The molecule has 9 heteroatoms. The molecule has 1 amide bonds. The summed E-state index contributed by atoms with van der Waals surface area (Å²) in [4.78, 5) is 50.7. The summed E-state index contributed by atoms with van der Waals surface area (Å²) in [6, 6.07) is 0.0916. The topological polar surface area (TPSA) is 101 Å². The van der Waals surface area contributed by atoms with Crippen LogP contribution < -0.4 is 11.2 Å². The summed E-state index contributed by atoms with van der Waals surface area (Å²) in [6.07, 6.45) is 3.86. The normalized spacial score (nSPS) is 16.7. The first kappa shape index (κ1) is 18.2. The first-order chi connectivity index (χ1) is 13.0. The predicted molar refractivity (Wildman–Crippen MR) is 103 cm³/mol. The van der Waals surface area contributed by atoms with E-state index in [1.54, 1.807) is 9.47 Å². The van der Waals surface area contributed by atoms with Crippen LogP contribution in [0.25, 0.3) is 11.0 Å². The molecule has 0 radical (unpaired) electrons. The van der Waals surface area contributed by atoms with Gasteiger partial charge in [0.05, 0.1) is 5.75 Å². The lowest BCUT2D eigenvalue weighted by atomic mass is 10.3. The van der Waals surface area contributed by atoms with Crippen molar-refractivity contribution in [3.63, 3.8) is 0 Å². The lowest BCUT2D eigenvalue weighted by Gasteiger charge is -2.18.